The van der Waals surface area contributed by atoms with Crippen molar-refractivity contribution in [1.82, 2.24) is 4.31 Å². The molecule has 0 aliphatic heterocycles. The lowest BCUT2D eigenvalue weighted by molar-refractivity contribution is 0.0596. The van der Waals surface area contributed by atoms with Crippen LogP contribution in [0.15, 0.2) is 28.5 Å². The SMILES string of the molecule is COC(=O)c1sc(S(=O)(=O)N(C)Cc2cccc(F)c2)c(C(=O)OC)c1C. The number of halogens is 1. The molecule has 0 saturated carbocycles. The van der Waals surface area contributed by atoms with Crippen LogP contribution >= 0.6 is 11.3 Å². The van der Waals surface area contributed by atoms with Gasteiger partial charge in [-0.2, -0.15) is 4.31 Å². The highest BCUT2D eigenvalue weighted by Crippen LogP contribution is 2.35. The second kappa shape index (κ2) is 8.15. The topological polar surface area (TPSA) is 90.0 Å². The number of carbonyl (C=O) groups excluding carboxylic acids is 2. The van der Waals surface area contributed by atoms with E-state index in [0.717, 1.165) is 18.5 Å². The average Bonchev–Trinajstić information content (AvgIpc) is 2.98. The molecular weight excluding hydrogens is 397 g/mol. The van der Waals surface area contributed by atoms with Gasteiger partial charge in [-0.05, 0) is 30.2 Å². The fraction of sp³-hybridized carbons (Fsp3) is 0.294. The zero-order valence-electron chi connectivity index (χ0n) is 15.1. The zero-order chi connectivity index (χ0) is 20.4. The van der Waals surface area contributed by atoms with E-state index in [1.54, 1.807) is 6.07 Å². The van der Waals surface area contributed by atoms with Crippen LogP contribution in [-0.2, 0) is 26.0 Å². The molecule has 1 aromatic carbocycles. The van der Waals surface area contributed by atoms with E-state index in [9.17, 15) is 22.4 Å². The maximum Gasteiger partial charge on any atom is 0.348 e. The van der Waals surface area contributed by atoms with Crippen LogP contribution in [0.1, 0.15) is 31.2 Å². The van der Waals surface area contributed by atoms with Crippen molar-refractivity contribution in [1.29, 1.82) is 0 Å². The minimum atomic E-state index is -4.16. The van der Waals surface area contributed by atoms with Gasteiger partial charge in [-0.3, -0.25) is 0 Å². The number of benzene rings is 1. The number of sulfonamides is 1. The molecule has 0 spiro atoms. The molecule has 0 N–H and O–H groups in total. The summed E-state index contributed by atoms with van der Waals surface area (Å²) in [6.45, 7) is 1.33. The summed E-state index contributed by atoms with van der Waals surface area (Å²) in [5, 5.41) is 0. The molecule has 27 heavy (non-hydrogen) atoms. The maximum absolute atomic E-state index is 13.4. The molecule has 0 amide bonds. The van der Waals surface area contributed by atoms with Crippen LogP contribution in [-0.4, -0.2) is 45.9 Å². The Morgan fingerprint density at radius 3 is 2.37 bits per heavy atom. The van der Waals surface area contributed by atoms with Crippen LogP contribution < -0.4 is 0 Å². The van der Waals surface area contributed by atoms with E-state index in [1.165, 1.54) is 32.2 Å². The molecule has 0 aliphatic carbocycles. The van der Waals surface area contributed by atoms with Gasteiger partial charge in [0.05, 0.1) is 19.8 Å². The van der Waals surface area contributed by atoms with E-state index in [-0.39, 0.29) is 26.8 Å². The largest absolute Gasteiger partial charge is 0.465 e. The molecule has 0 bridgehead atoms. The summed E-state index contributed by atoms with van der Waals surface area (Å²) >= 11 is 0.632. The lowest BCUT2D eigenvalue weighted by Gasteiger charge is -2.17. The highest BCUT2D eigenvalue weighted by atomic mass is 32.2. The summed E-state index contributed by atoms with van der Waals surface area (Å²) in [4.78, 5) is 24.1. The minimum Gasteiger partial charge on any atom is -0.465 e. The van der Waals surface area contributed by atoms with Crippen LogP contribution in [0.4, 0.5) is 4.39 Å². The lowest BCUT2D eigenvalue weighted by Crippen LogP contribution is -2.27. The predicted molar refractivity (Wildman–Crippen MR) is 96.8 cm³/mol. The van der Waals surface area contributed by atoms with Crippen molar-refractivity contribution < 1.29 is 31.9 Å². The number of hydrogen-bond donors (Lipinski definition) is 0. The highest BCUT2D eigenvalue weighted by Gasteiger charge is 2.34. The quantitative estimate of drug-likeness (QED) is 0.674. The monoisotopic (exact) mass is 415 g/mol. The number of rotatable bonds is 6. The molecule has 2 rings (SSSR count). The van der Waals surface area contributed by atoms with Crippen LogP contribution in [0.3, 0.4) is 0 Å². The van der Waals surface area contributed by atoms with Gasteiger partial charge in [0.15, 0.2) is 4.21 Å². The molecular formula is C17H18FNO6S2. The van der Waals surface area contributed by atoms with E-state index < -0.39 is 27.8 Å². The molecule has 7 nitrogen and oxygen atoms in total. The first-order chi connectivity index (χ1) is 12.6. The first-order valence-corrected chi connectivity index (χ1v) is 9.90. The molecule has 0 saturated heterocycles. The van der Waals surface area contributed by atoms with Gasteiger partial charge in [-0.1, -0.05) is 12.1 Å². The number of thiophene rings is 1. The van der Waals surface area contributed by atoms with Crippen LogP contribution in [0, 0.1) is 12.7 Å². The molecule has 0 fully saturated rings. The maximum atomic E-state index is 13.4. The van der Waals surface area contributed by atoms with Gasteiger partial charge in [0.25, 0.3) is 10.0 Å². The Hall–Kier alpha value is -2.30. The van der Waals surface area contributed by atoms with Gasteiger partial charge >= 0.3 is 11.9 Å². The molecule has 0 aliphatic rings. The van der Waals surface area contributed by atoms with Crippen molar-refractivity contribution in [3.8, 4) is 0 Å². The summed E-state index contributed by atoms with van der Waals surface area (Å²) in [7, 11) is -0.587. The van der Waals surface area contributed by atoms with Gasteiger partial charge in [0.1, 0.15) is 10.7 Å². The second-order valence-electron chi connectivity index (χ2n) is 5.59. The molecule has 10 heteroatoms. The van der Waals surface area contributed by atoms with Gasteiger partial charge in [0, 0.05) is 13.6 Å². The van der Waals surface area contributed by atoms with E-state index in [0.29, 0.717) is 16.9 Å². The Bertz CT molecular complexity index is 983. The van der Waals surface area contributed by atoms with Crippen molar-refractivity contribution in [2.45, 2.75) is 17.7 Å². The molecule has 0 radical (unpaired) electrons. The molecule has 1 aromatic heterocycles. The smallest absolute Gasteiger partial charge is 0.348 e. The van der Waals surface area contributed by atoms with E-state index >= 15 is 0 Å². The van der Waals surface area contributed by atoms with E-state index in [2.05, 4.69) is 9.47 Å². The van der Waals surface area contributed by atoms with Gasteiger partial charge < -0.3 is 9.47 Å². The third-order valence-corrected chi connectivity index (χ3v) is 7.38. The van der Waals surface area contributed by atoms with Crippen LogP contribution in [0.25, 0.3) is 0 Å². The number of methoxy groups -OCH3 is 2. The molecule has 2 aromatic rings. The lowest BCUT2D eigenvalue weighted by atomic mass is 10.2. The summed E-state index contributed by atoms with van der Waals surface area (Å²) < 4.78 is 49.4. The highest BCUT2D eigenvalue weighted by molar-refractivity contribution is 7.91. The third-order valence-electron chi connectivity index (χ3n) is 3.81. The molecule has 0 atom stereocenters. The predicted octanol–water partition coefficient (Wildman–Crippen LogP) is 2.59. The number of carbonyl (C=O) groups is 2. The Kier molecular flexibility index (Phi) is 6.34. The van der Waals surface area contributed by atoms with Gasteiger partial charge in [-0.15, -0.1) is 11.3 Å². The first-order valence-electron chi connectivity index (χ1n) is 7.64. The van der Waals surface area contributed by atoms with Crippen LogP contribution in [0.5, 0.6) is 0 Å². The first kappa shape index (κ1) is 21.0. The van der Waals surface area contributed by atoms with Crippen molar-refractivity contribution >= 4 is 33.3 Å². The molecule has 146 valence electrons. The Morgan fingerprint density at radius 1 is 1.19 bits per heavy atom. The van der Waals surface area contributed by atoms with Crippen molar-refractivity contribution in [2.75, 3.05) is 21.3 Å². The van der Waals surface area contributed by atoms with Crippen molar-refractivity contribution in [3.63, 3.8) is 0 Å². The van der Waals surface area contributed by atoms with E-state index in [1.807, 2.05) is 0 Å². The van der Waals surface area contributed by atoms with Crippen molar-refractivity contribution in [3.05, 3.63) is 51.7 Å². The summed E-state index contributed by atoms with van der Waals surface area (Å²) in [6, 6.07) is 5.51. The van der Waals surface area contributed by atoms with Crippen molar-refractivity contribution in [2.24, 2.45) is 0 Å². The Morgan fingerprint density at radius 2 is 1.81 bits per heavy atom. The summed E-state index contributed by atoms with van der Waals surface area (Å²) in [6.07, 6.45) is 0. The fourth-order valence-electron chi connectivity index (χ4n) is 2.41. The second-order valence-corrected chi connectivity index (χ2v) is 8.85. The minimum absolute atomic E-state index is 0.00405. The normalized spacial score (nSPS) is 11.5. The fourth-order valence-corrected chi connectivity index (χ4v) is 5.51. The number of esters is 2. The standard InChI is InChI=1S/C17H18FNO6S2/c1-10-13(15(20)24-3)17(26-14(10)16(21)25-4)27(22,23)19(2)9-11-6-5-7-12(18)8-11/h5-8H,9H2,1-4H3. The average molecular weight is 415 g/mol. The zero-order valence-corrected chi connectivity index (χ0v) is 16.7. The van der Waals surface area contributed by atoms with Gasteiger partial charge in [0.2, 0.25) is 0 Å². The van der Waals surface area contributed by atoms with E-state index in [4.69, 9.17) is 0 Å². The summed E-state index contributed by atoms with van der Waals surface area (Å²) in [5.41, 5.74) is 0.382. The number of ether oxygens (including phenoxy) is 2. The third kappa shape index (κ3) is 4.18. The molecule has 1 heterocycles. The summed E-state index contributed by atoms with van der Waals surface area (Å²) in [5.74, 6) is -2.12. The Labute approximate surface area is 160 Å². The van der Waals surface area contributed by atoms with Gasteiger partial charge in [-0.25, -0.2) is 22.4 Å². The number of nitrogens with zero attached hydrogens (tertiary/aromatic N) is 1. The number of hydrogen-bond acceptors (Lipinski definition) is 7. The molecule has 0 unspecified atom stereocenters. The van der Waals surface area contributed by atoms with Crippen LogP contribution in [0.2, 0.25) is 0 Å². The Balaban J connectivity index is 2.53.